The second kappa shape index (κ2) is 11.1. The SMILES string of the molecule is CCCCN=C(NCCc1ccc2c(c1)OCCO2)C(C#N)c1nc(N)nc(N(C)C)n1. The number of nitrogen functional groups attached to an aromatic ring is 1. The predicted molar refractivity (Wildman–Crippen MR) is 123 cm³/mol. The molecule has 1 aromatic carbocycles. The van der Waals surface area contributed by atoms with E-state index in [1.807, 2.05) is 32.3 Å². The molecule has 1 atom stereocenters. The molecule has 3 rings (SSSR count). The molecule has 2 heterocycles. The first-order chi connectivity index (χ1) is 15.5. The zero-order valence-electron chi connectivity index (χ0n) is 18.8. The number of nitrogens with two attached hydrogens (primary N) is 1. The largest absolute Gasteiger partial charge is 0.486 e. The van der Waals surface area contributed by atoms with Crippen LogP contribution in [-0.2, 0) is 6.42 Å². The van der Waals surface area contributed by atoms with Crippen LogP contribution in [0.3, 0.4) is 0 Å². The van der Waals surface area contributed by atoms with E-state index >= 15 is 0 Å². The fourth-order valence-electron chi connectivity index (χ4n) is 3.15. The van der Waals surface area contributed by atoms with Crippen LogP contribution in [0.25, 0.3) is 0 Å². The number of nitrogens with zero attached hydrogens (tertiary/aromatic N) is 6. The van der Waals surface area contributed by atoms with Gasteiger partial charge in [0.1, 0.15) is 19.0 Å². The fraction of sp³-hybridized carbons (Fsp3) is 0.500. The summed E-state index contributed by atoms with van der Waals surface area (Å²) >= 11 is 0. The van der Waals surface area contributed by atoms with Crippen molar-refractivity contribution in [1.29, 1.82) is 5.26 Å². The van der Waals surface area contributed by atoms with Gasteiger partial charge in [0.2, 0.25) is 11.9 Å². The molecular weight excluding hydrogens is 408 g/mol. The number of nitriles is 1. The molecule has 10 heteroatoms. The third-order valence-corrected chi connectivity index (χ3v) is 4.84. The van der Waals surface area contributed by atoms with E-state index in [-0.39, 0.29) is 11.8 Å². The van der Waals surface area contributed by atoms with Crippen LogP contribution in [0.2, 0.25) is 0 Å². The normalized spacial score (nSPS) is 13.9. The van der Waals surface area contributed by atoms with E-state index in [4.69, 9.17) is 15.2 Å². The van der Waals surface area contributed by atoms with E-state index in [0.29, 0.717) is 38.1 Å². The number of anilines is 2. The van der Waals surface area contributed by atoms with Crippen LogP contribution in [0, 0.1) is 11.3 Å². The number of unbranched alkanes of at least 4 members (excludes halogenated alkanes) is 1. The van der Waals surface area contributed by atoms with Crippen LogP contribution < -0.4 is 25.4 Å². The Labute approximate surface area is 188 Å². The maximum atomic E-state index is 9.92. The molecule has 1 aliphatic heterocycles. The molecule has 2 aromatic rings. The minimum absolute atomic E-state index is 0.0723. The molecule has 1 unspecified atom stereocenters. The minimum atomic E-state index is -0.767. The first kappa shape index (κ1) is 23.1. The van der Waals surface area contributed by atoms with Gasteiger partial charge >= 0.3 is 0 Å². The van der Waals surface area contributed by atoms with Gasteiger partial charge in [-0.3, -0.25) is 4.99 Å². The van der Waals surface area contributed by atoms with Crippen molar-refractivity contribution < 1.29 is 9.47 Å². The number of hydrogen-bond acceptors (Lipinski definition) is 9. The van der Waals surface area contributed by atoms with Crippen molar-refractivity contribution >= 4 is 17.7 Å². The molecule has 0 fully saturated rings. The summed E-state index contributed by atoms with van der Waals surface area (Å²) < 4.78 is 11.2. The Morgan fingerprint density at radius 1 is 1.25 bits per heavy atom. The third kappa shape index (κ3) is 5.97. The second-order valence-corrected chi connectivity index (χ2v) is 7.58. The Morgan fingerprint density at radius 3 is 2.75 bits per heavy atom. The second-order valence-electron chi connectivity index (χ2n) is 7.58. The first-order valence-electron chi connectivity index (χ1n) is 10.8. The summed E-state index contributed by atoms with van der Waals surface area (Å²) in [5, 5.41) is 13.2. The van der Waals surface area contributed by atoms with Gasteiger partial charge in [0.15, 0.2) is 23.2 Å². The smallest absolute Gasteiger partial charge is 0.229 e. The summed E-state index contributed by atoms with van der Waals surface area (Å²) in [4.78, 5) is 19.1. The highest BCUT2D eigenvalue weighted by atomic mass is 16.6. The molecule has 0 saturated carbocycles. The standard InChI is InChI=1S/C22H30N8O2/c1-4-5-9-25-19(16(14-23)20-27-21(24)29-22(28-20)30(2)3)26-10-8-15-6-7-17-18(13-15)32-12-11-31-17/h6-7,13,16H,4-5,8-12H2,1-3H3,(H,25,26)(H2,24,27,28,29). The number of aromatic nitrogens is 3. The molecule has 0 aliphatic carbocycles. The monoisotopic (exact) mass is 438 g/mol. The van der Waals surface area contributed by atoms with E-state index in [9.17, 15) is 5.26 Å². The molecule has 0 spiro atoms. The maximum absolute atomic E-state index is 9.92. The molecule has 170 valence electrons. The van der Waals surface area contributed by atoms with E-state index < -0.39 is 5.92 Å². The highest BCUT2D eigenvalue weighted by Gasteiger charge is 2.23. The number of ether oxygens (including phenoxy) is 2. The highest BCUT2D eigenvalue weighted by Crippen LogP contribution is 2.30. The fourth-order valence-corrected chi connectivity index (χ4v) is 3.15. The van der Waals surface area contributed by atoms with E-state index in [2.05, 4.69) is 38.3 Å². The van der Waals surface area contributed by atoms with E-state index in [1.165, 1.54) is 0 Å². The van der Waals surface area contributed by atoms with Gasteiger partial charge in [0.05, 0.1) is 6.07 Å². The lowest BCUT2D eigenvalue weighted by molar-refractivity contribution is 0.171. The van der Waals surface area contributed by atoms with Crippen molar-refractivity contribution in [3.63, 3.8) is 0 Å². The summed E-state index contributed by atoms with van der Waals surface area (Å²) in [6, 6.07) is 8.20. The van der Waals surface area contributed by atoms with Crippen LogP contribution in [0.4, 0.5) is 11.9 Å². The van der Waals surface area contributed by atoms with Gasteiger partial charge in [0, 0.05) is 27.2 Å². The molecule has 0 saturated heterocycles. The predicted octanol–water partition coefficient (Wildman–Crippen LogP) is 1.93. The maximum Gasteiger partial charge on any atom is 0.229 e. The Morgan fingerprint density at radius 2 is 2.03 bits per heavy atom. The number of aliphatic imine (C=N–C) groups is 1. The molecular formula is C22H30N8O2. The van der Waals surface area contributed by atoms with Crippen LogP contribution in [-0.4, -0.2) is 61.2 Å². The summed E-state index contributed by atoms with van der Waals surface area (Å²) in [6.07, 6.45) is 2.66. The Hall–Kier alpha value is -3.61. The minimum Gasteiger partial charge on any atom is -0.486 e. The third-order valence-electron chi connectivity index (χ3n) is 4.84. The van der Waals surface area contributed by atoms with Crippen LogP contribution in [0.15, 0.2) is 23.2 Å². The molecule has 1 aromatic heterocycles. The van der Waals surface area contributed by atoms with Crippen LogP contribution in [0.1, 0.15) is 37.1 Å². The van der Waals surface area contributed by atoms with Crippen LogP contribution in [0.5, 0.6) is 11.5 Å². The first-order valence-corrected chi connectivity index (χ1v) is 10.8. The molecule has 32 heavy (non-hydrogen) atoms. The Bertz CT molecular complexity index is 986. The number of amidine groups is 1. The number of rotatable bonds is 9. The van der Waals surface area contributed by atoms with Crippen LogP contribution >= 0.6 is 0 Å². The van der Waals surface area contributed by atoms with Crippen molar-refractivity contribution in [3.8, 4) is 17.6 Å². The van der Waals surface area contributed by atoms with Crippen molar-refractivity contribution in [2.24, 2.45) is 4.99 Å². The molecule has 0 amide bonds. The van der Waals surface area contributed by atoms with Crippen molar-refractivity contribution in [2.45, 2.75) is 32.1 Å². The van der Waals surface area contributed by atoms with Gasteiger partial charge < -0.3 is 25.4 Å². The number of benzene rings is 1. The zero-order valence-corrected chi connectivity index (χ0v) is 18.8. The topological polar surface area (TPSA) is 135 Å². The van der Waals surface area contributed by atoms with Gasteiger partial charge in [-0.05, 0) is 30.5 Å². The Kier molecular flexibility index (Phi) is 8.02. The van der Waals surface area contributed by atoms with E-state index in [1.54, 1.807) is 4.90 Å². The van der Waals surface area contributed by atoms with E-state index in [0.717, 1.165) is 36.3 Å². The van der Waals surface area contributed by atoms with Gasteiger partial charge in [-0.15, -0.1) is 0 Å². The van der Waals surface area contributed by atoms with Crippen molar-refractivity contribution in [1.82, 2.24) is 20.3 Å². The van der Waals surface area contributed by atoms with Crippen molar-refractivity contribution in [2.75, 3.05) is 51.0 Å². The average molecular weight is 439 g/mol. The molecule has 0 bridgehead atoms. The number of nitrogens with one attached hydrogen (secondary N) is 1. The molecule has 1 aliphatic rings. The summed E-state index contributed by atoms with van der Waals surface area (Å²) in [5.41, 5.74) is 6.96. The molecule has 0 radical (unpaired) electrons. The lowest BCUT2D eigenvalue weighted by Gasteiger charge is -2.19. The summed E-state index contributed by atoms with van der Waals surface area (Å²) in [6.45, 7) is 4.42. The van der Waals surface area contributed by atoms with Gasteiger partial charge in [-0.25, -0.2) is 0 Å². The Balaban J connectivity index is 1.75. The number of fused-ring (bicyclic) bond motifs is 1. The average Bonchev–Trinajstić information content (AvgIpc) is 2.79. The van der Waals surface area contributed by atoms with Gasteiger partial charge in [-0.1, -0.05) is 19.4 Å². The quantitative estimate of drug-likeness (QED) is 0.342. The van der Waals surface area contributed by atoms with Gasteiger partial charge in [-0.2, -0.15) is 20.2 Å². The summed E-state index contributed by atoms with van der Waals surface area (Å²) in [5.74, 6) is 2.05. The summed E-state index contributed by atoms with van der Waals surface area (Å²) in [7, 11) is 3.61. The molecule has 3 N–H and O–H groups in total. The van der Waals surface area contributed by atoms with Crippen molar-refractivity contribution in [3.05, 3.63) is 29.6 Å². The lowest BCUT2D eigenvalue weighted by Crippen LogP contribution is -2.32. The number of hydrogen-bond donors (Lipinski definition) is 2. The highest BCUT2D eigenvalue weighted by molar-refractivity contribution is 5.90. The lowest BCUT2D eigenvalue weighted by atomic mass is 10.1. The zero-order chi connectivity index (χ0) is 22.9. The van der Waals surface area contributed by atoms with Gasteiger partial charge in [0.25, 0.3) is 0 Å². The molecule has 10 nitrogen and oxygen atoms in total.